The van der Waals surface area contributed by atoms with Crippen LogP contribution in [0.5, 0.6) is 23.0 Å². The highest BCUT2D eigenvalue weighted by molar-refractivity contribution is 7.89. The molecule has 0 aliphatic rings. The summed E-state index contributed by atoms with van der Waals surface area (Å²) in [5.41, 5.74) is 2.14. The molecule has 0 spiro atoms. The average molecular weight is 424 g/mol. The van der Waals surface area contributed by atoms with E-state index in [1.165, 1.54) is 33.3 Å². The lowest BCUT2D eigenvalue weighted by atomic mass is 10.3. The van der Waals surface area contributed by atoms with Crippen LogP contribution in [-0.2, 0) is 14.8 Å². The van der Waals surface area contributed by atoms with E-state index in [-0.39, 0.29) is 10.6 Å². The molecule has 0 aromatic heterocycles. The first-order valence-electron chi connectivity index (χ1n) is 8.74. The summed E-state index contributed by atoms with van der Waals surface area (Å²) >= 11 is 0. The van der Waals surface area contributed by atoms with Gasteiger partial charge in [-0.2, -0.15) is 0 Å². The lowest BCUT2D eigenvalue weighted by Gasteiger charge is -2.16. The quantitative estimate of drug-likeness (QED) is 0.560. The third-order valence-electron chi connectivity index (χ3n) is 3.79. The van der Waals surface area contributed by atoms with E-state index >= 15 is 0 Å². The predicted octanol–water partition coefficient (Wildman–Crippen LogP) is 1.88. The number of amides is 1. The smallest absolute Gasteiger partial charge is 0.275 e. The van der Waals surface area contributed by atoms with Crippen molar-refractivity contribution in [3.05, 3.63) is 42.5 Å². The second kappa shape index (κ2) is 9.99. The van der Waals surface area contributed by atoms with Gasteiger partial charge in [0.1, 0.15) is 27.9 Å². The Hall–Kier alpha value is -2.98. The van der Waals surface area contributed by atoms with Gasteiger partial charge in [0.05, 0.1) is 20.8 Å². The topological polar surface area (TPSA) is 112 Å². The van der Waals surface area contributed by atoms with Crippen LogP contribution in [0, 0.1) is 0 Å². The predicted molar refractivity (Wildman–Crippen MR) is 106 cm³/mol. The highest BCUT2D eigenvalue weighted by Gasteiger charge is 2.23. The van der Waals surface area contributed by atoms with Gasteiger partial charge in [0.15, 0.2) is 6.10 Å². The highest BCUT2D eigenvalue weighted by Crippen LogP contribution is 2.27. The summed E-state index contributed by atoms with van der Waals surface area (Å²) in [4.78, 5) is 14.1. The van der Waals surface area contributed by atoms with Crippen molar-refractivity contribution in [3.8, 4) is 23.0 Å². The van der Waals surface area contributed by atoms with Crippen LogP contribution < -0.4 is 29.2 Å². The maximum atomic E-state index is 12.5. The third-order valence-corrected chi connectivity index (χ3v) is 5.05. The summed E-state index contributed by atoms with van der Waals surface area (Å²) in [6.45, 7) is 3.91. The molecule has 0 saturated heterocycles. The van der Waals surface area contributed by atoms with Crippen molar-refractivity contribution < 1.29 is 32.2 Å². The summed E-state index contributed by atoms with van der Waals surface area (Å²) in [5.74, 6) is 0.866. The molecule has 0 bridgehead atoms. The molecule has 0 aliphatic heterocycles. The minimum atomic E-state index is -4.11. The highest BCUT2D eigenvalue weighted by atomic mass is 32.2. The molecule has 2 rings (SSSR count). The van der Waals surface area contributed by atoms with Gasteiger partial charge in [-0.1, -0.05) is 0 Å². The Morgan fingerprint density at radius 1 is 1.00 bits per heavy atom. The van der Waals surface area contributed by atoms with Crippen LogP contribution >= 0.6 is 0 Å². The van der Waals surface area contributed by atoms with Crippen LogP contribution in [0.25, 0.3) is 0 Å². The Morgan fingerprint density at radius 3 is 2.21 bits per heavy atom. The molecule has 0 radical (unpaired) electrons. The van der Waals surface area contributed by atoms with E-state index in [9.17, 15) is 13.2 Å². The fraction of sp³-hybridized carbons (Fsp3) is 0.316. The van der Waals surface area contributed by atoms with Crippen LogP contribution in [0.15, 0.2) is 47.4 Å². The minimum Gasteiger partial charge on any atom is -0.497 e. The van der Waals surface area contributed by atoms with Gasteiger partial charge in [-0.15, -0.1) is 4.83 Å². The minimum absolute atomic E-state index is 0.103. The molecule has 2 aromatic rings. The van der Waals surface area contributed by atoms with Crippen LogP contribution in [0.3, 0.4) is 0 Å². The molecule has 0 aliphatic carbocycles. The van der Waals surface area contributed by atoms with E-state index < -0.39 is 22.0 Å². The van der Waals surface area contributed by atoms with Gasteiger partial charge in [0.2, 0.25) is 0 Å². The zero-order valence-electron chi connectivity index (χ0n) is 16.6. The summed E-state index contributed by atoms with van der Waals surface area (Å²) in [6.07, 6.45) is -0.956. The zero-order chi connectivity index (χ0) is 21.4. The van der Waals surface area contributed by atoms with Crippen molar-refractivity contribution >= 4 is 15.9 Å². The number of benzene rings is 2. The van der Waals surface area contributed by atoms with Crippen molar-refractivity contribution in [3.63, 3.8) is 0 Å². The molecule has 1 atom stereocenters. The normalized spacial score (nSPS) is 12.0. The fourth-order valence-corrected chi connectivity index (χ4v) is 3.34. The van der Waals surface area contributed by atoms with Crippen molar-refractivity contribution in [1.82, 2.24) is 10.3 Å². The van der Waals surface area contributed by atoms with Gasteiger partial charge in [-0.25, -0.2) is 8.42 Å². The Bertz CT molecular complexity index is 930. The first kappa shape index (κ1) is 22.3. The van der Waals surface area contributed by atoms with Gasteiger partial charge in [-0.3, -0.25) is 10.2 Å². The number of carbonyl (C=O) groups excluding carboxylic acids is 1. The third kappa shape index (κ3) is 6.00. The molecule has 2 N–H and O–H groups in total. The molecule has 29 heavy (non-hydrogen) atoms. The molecular weight excluding hydrogens is 400 g/mol. The molecule has 1 amide bonds. The number of nitrogens with one attached hydrogen (secondary N) is 2. The summed E-state index contributed by atoms with van der Waals surface area (Å²) < 4.78 is 46.1. The molecular formula is C19H24N2O7S. The maximum absolute atomic E-state index is 12.5. The van der Waals surface area contributed by atoms with Gasteiger partial charge in [0.25, 0.3) is 15.9 Å². The maximum Gasteiger partial charge on any atom is 0.275 e. The first-order valence-corrected chi connectivity index (χ1v) is 10.2. The van der Waals surface area contributed by atoms with Gasteiger partial charge >= 0.3 is 0 Å². The number of methoxy groups -OCH3 is 2. The van der Waals surface area contributed by atoms with E-state index in [0.29, 0.717) is 23.9 Å². The van der Waals surface area contributed by atoms with E-state index in [0.717, 1.165) is 0 Å². The number of hydrogen-bond acceptors (Lipinski definition) is 7. The number of hydrazine groups is 1. The van der Waals surface area contributed by atoms with Crippen molar-refractivity contribution in [2.24, 2.45) is 0 Å². The van der Waals surface area contributed by atoms with Crippen molar-refractivity contribution in [1.29, 1.82) is 0 Å². The van der Waals surface area contributed by atoms with Gasteiger partial charge in [-0.05, 0) is 50.2 Å². The second-order valence-electron chi connectivity index (χ2n) is 5.78. The lowest BCUT2D eigenvalue weighted by molar-refractivity contribution is -0.127. The summed E-state index contributed by atoms with van der Waals surface area (Å²) in [6, 6.07) is 11.0. The molecule has 10 heteroatoms. The van der Waals surface area contributed by atoms with E-state index in [1.54, 1.807) is 30.3 Å². The monoisotopic (exact) mass is 424 g/mol. The van der Waals surface area contributed by atoms with E-state index in [2.05, 4.69) is 5.43 Å². The zero-order valence-corrected chi connectivity index (χ0v) is 17.4. The average Bonchev–Trinajstić information content (AvgIpc) is 2.73. The van der Waals surface area contributed by atoms with Crippen LogP contribution in [0.2, 0.25) is 0 Å². The Morgan fingerprint density at radius 2 is 1.62 bits per heavy atom. The fourth-order valence-electron chi connectivity index (χ4n) is 2.31. The number of rotatable bonds is 10. The summed E-state index contributed by atoms with van der Waals surface area (Å²) in [5, 5.41) is 0. The molecule has 158 valence electrons. The molecule has 9 nitrogen and oxygen atoms in total. The standard InChI is InChI=1S/C19H24N2O7S/c1-5-27-14-6-8-15(9-7-14)28-13(2)19(22)20-21-29(23,24)18-12-16(25-3)10-11-17(18)26-4/h6-13,21H,5H2,1-4H3,(H,20,22). The van der Waals surface area contributed by atoms with E-state index in [1.807, 2.05) is 11.8 Å². The number of ether oxygens (including phenoxy) is 4. The van der Waals surface area contributed by atoms with Crippen LogP contribution in [0.1, 0.15) is 13.8 Å². The molecule has 0 fully saturated rings. The lowest BCUT2D eigenvalue weighted by Crippen LogP contribution is -2.47. The summed E-state index contributed by atoms with van der Waals surface area (Å²) in [7, 11) is -1.36. The Labute approximate surface area is 169 Å². The second-order valence-corrected chi connectivity index (χ2v) is 7.43. The Balaban J connectivity index is 2.01. The molecule has 2 aromatic carbocycles. The Kier molecular flexibility index (Phi) is 7.68. The number of carbonyl (C=O) groups is 1. The molecule has 0 heterocycles. The number of hydrogen-bond donors (Lipinski definition) is 2. The molecule has 0 saturated carbocycles. The van der Waals surface area contributed by atoms with Crippen LogP contribution in [0.4, 0.5) is 0 Å². The van der Waals surface area contributed by atoms with Crippen LogP contribution in [-0.4, -0.2) is 41.3 Å². The van der Waals surface area contributed by atoms with Gasteiger partial charge < -0.3 is 18.9 Å². The first-order chi connectivity index (χ1) is 13.8. The van der Waals surface area contributed by atoms with E-state index in [4.69, 9.17) is 18.9 Å². The largest absolute Gasteiger partial charge is 0.497 e. The SMILES string of the molecule is CCOc1ccc(OC(C)C(=O)NNS(=O)(=O)c2cc(OC)ccc2OC)cc1. The number of sulfonamides is 1. The van der Waals surface area contributed by atoms with Crippen molar-refractivity contribution in [2.75, 3.05) is 20.8 Å². The molecule has 1 unspecified atom stereocenters. The van der Waals surface area contributed by atoms with Crippen molar-refractivity contribution in [2.45, 2.75) is 24.8 Å². The van der Waals surface area contributed by atoms with Gasteiger partial charge in [0, 0.05) is 6.07 Å².